The molecule has 1 aromatic heterocycles. The predicted molar refractivity (Wildman–Crippen MR) is 87.2 cm³/mol. The summed E-state index contributed by atoms with van der Waals surface area (Å²) in [5.41, 5.74) is 8.77. The maximum absolute atomic E-state index is 13.3. The molecule has 3 aromatic rings. The number of benzene rings is 2. The van der Waals surface area contributed by atoms with E-state index in [0.717, 1.165) is 16.8 Å². The van der Waals surface area contributed by atoms with Gasteiger partial charge in [-0.15, -0.1) is 0 Å². The summed E-state index contributed by atoms with van der Waals surface area (Å²) < 4.78 is 14.0. The van der Waals surface area contributed by atoms with Crippen LogP contribution >= 0.6 is 11.3 Å². The molecule has 2 aromatic carbocycles. The Bertz CT molecular complexity index is 855. The second-order valence-electron chi connectivity index (χ2n) is 5.02. The summed E-state index contributed by atoms with van der Waals surface area (Å²) in [7, 11) is 0. The van der Waals surface area contributed by atoms with Gasteiger partial charge in [0.25, 0.3) is 0 Å². The van der Waals surface area contributed by atoms with Crippen molar-refractivity contribution in [1.82, 2.24) is 4.98 Å². The number of carbonyl (C=O) groups excluding carboxylic acids is 1. The smallest absolute Gasteiger partial charge is 0.325 e. The number of para-hydroxylation sites is 1. The van der Waals surface area contributed by atoms with Gasteiger partial charge in [-0.3, -0.25) is 0 Å². The largest absolute Gasteiger partial charge is 0.351 e. The first kappa shape index (κ1) is 14.5. The summed E-state index contributed by atoms with van der Waals surface area (Å²) in [6, 6.07) is 9.46. The minimum Gasteiger partial charge on any atom is -0.351 e. The molecule has 0 aliphatic heterocycles. The number of hydrogen-bond donors (Lipinski definition) is 1. The molecule has 3 rings (SSSR count). The lowest BCUT2D eigenvalue weighted by atomic mass is 10.1. The van der Waals surface area contributed by atoms with Gasteiger partial charge in [-0.2, -0.15) is 0 Å². The summed E-state index contributed by atoms with van der Waals surface area (Å²) in [5, 5.41) is 0.436. The lowest BCUT2D eigenvalue weighted by Gasteiger charge is -2.21. The molecule has 0 radical (unpaired) electrons. The molecule has 0 aliphatic rings. The zero-order valence-corrected chi connectivity index (χ0v) is 12.9. The maximum Gasteiger partial charge on any atom is 0.325 e. The maximum atomic E-state index is 13.3. The Morgan fingerprint density at radius 1 is 1.23 bits per heavy atom. The number of urea groups is 1. The minimum atomic E-state index is -0.614. The summed E-state index contributed by atoms with van der Waals surface area (Å²) in [5.74, 6) is -0.333. The van der Waals surface area contributed by atoms with Crippen molar-refractivity contribution < 1.29 is 9.18 Å². The summed E-state index contributed by atoms with van der Waals surface area (Å²) >= 11 is 1.23. The third-order valence-corrected chi connectivity index (χ3v) is 4.42. The quantitative estimate of drug-likeness (QED) is 0.767. The number of halogens is 1. The number of carbonyl (C=O) groups is 1. The zero-order chi connectivity index (χ0) is 15.9. The van der Waals surface area contributed by atoms with Crippen LogP contribution < -0.4 is 10.6 Å². The van der Waals surface area contributed by atoms with Crippen LogP contribution in [0.2, 0.25) is 0 Å². The molecule has 0 atom stereocenters. The van der Waals surface area contributed by atoms with E-state index in [9.17, 15) is 9.18 Å². The number of hydrogen-bond acceptors (Lipinski definition) is 3. The number of fused-ring (bicyclic) bond motifs is 1. The Kier molecular flexibility index (Phi) is 3.54. The van der Waals surface area contributed by atoms with Gasteiger partial charge >= 0.3 is 6.03 Å². The minimum absolute atomic E-state index is 0.333. The number of aromatic nitrogens is 1. The van der Waals surface area contributed by atoms with E-state index in [2.05, 4.69) is 4.98 Å². The van der Waals surface area contributed by atoms with Crippen LogP contribution in [0, 0.1) is 19.7 Å². The number of rotatable bonds is 2. The molecule has 4 nitrogen and oxygen atoms in total. The average Bonchev–Trinajstić information content (AvgIpc) is 2.84. The van der Waals surface area contributed by atoms with E-state index in [1.165, 1.54) is 28.4 Å². The molecule has 2 amide bonds. The van der Waals surface area contributed by atoms with E-state index >= 15 is 0 Å². The second kappa shape index (κ2) is 5.38. The molecule has 0 saturated heterocycles. The highest BCUT2D eigenvalue weighted by molar-refractivity contribution is 7.22. The Morgan fingerprint density at radius 3 is 2.55 bits per heavy atom. The molecule has 0 bridgehead atoms. The van der Waals surface area contributed by atoms with E-state index in [1.54, 1.807) is 6.07 Å². The molecular weight excluding hydrogens is 301 g/mol. The zero-order valence-electron chi connectivity index (χ0n) is 12.1. The lowest BCUT2D eigenvalue weighted by Crippen LogP contribution is -2.32. The Hall–Kier alpha value is -2.47. The number of nitrogens with two attached hydrogens (primary N) is 1. The highest BCUT2D eigenvalue weighted by atomic mass is 32.1. The molecule has 0 aliphatic carbocycles. The number of nitrogens with zero attached hydrogens (tertiary/aromatic N) is 2. The van der Waals surface area contributed by atoms with Crippen molar-refractivity contribution in [3.8, 4) is 0 Å². The molecule has 0 saturated carbocycles. The van der Waals surface area contributed by atoms with Crippen molar-refractivity contribution in [2.45, 2.75) is 13.8 Å². The first-order valence-corrected chi connectivity index (χ1v) is 7.51. The van der Waals surface area contributed by atoms with E-state index < -0.39 is 6.03 Å². The predicted octanol–water partition coefficient (Wildman–Crippen LogP) is 4.27. The first-order valence-electron chi connectivity index (χ1n) is 6.69. The third-order valence-electron chi connectivity index (χ3n) is 3.41. The fourth-order valence-electron chi connectivity index (χ4n) is 2.44. The average molecular weight is 315 g/mol. The van der Waals surface area contributed by atoms with Gasteiger partial charge in [0.1, 0.15) is 5.82 Å². The van der Waals surface area contributed by atoms with Crippen molar-refractivity contribution in [2.24, 2.45) is 5.73 Å². The Morgan fingerprint density at radius 2 is 1.91 bits per heavy atom. The molecule has 1 heterocycles. The van der Waals surface area contributed by atoms with Gasteiger partial charge in [0.2, 0.25) is 0 Å². The van der Waals surface area contributed by atoms with E-state index in [1.807, 2.05) is 32.0 Å². The van der Waals surface area contributed by atoms with Crippen LogP contribution in [-0.2, 0) is 0 Å². The molecule has 0 spiro atoms. The van der Waals surface area contributed by atoms with Gasteiger partial charge in [0.05, 0.1) is 15.9 Å². The normalized spacial score (nSPS) is 10.9. The summed E-state index contributed by atoms with van der Waals surface area (Å²) in [6.07, 6.45) is 0. The second-order valence-corrected chi connectivity index (χ2v) is 6.03. The molecule has 0 unspecified atom stereocenters. The van der Waals surface area contributed by atoms with Gasteiger partial charge in [0, 0.05) is 0 Å². The van der Waals surface area contributed by atoms with Crippen LogP contribution in [0.5, 0.6) is 0 Å². The van der Waals surface area contributed by atoms with E-state index in [-0.39, 0.29) is 5.82 Å². The Labute approximate surface area is 131 Å². The van der Waals surface area contributed by atoms with Crippen molar-refractivity contribution in [2.75, 3.05) is 4.90 Å². The van der Waals surface area contributed by atoms with Crippen LogP contribution in [0.25, 0.3) is 10.2 Å². The number of amides is 2. The van der Waals surface area contributed by atoms with Crippen LogP contribution in [0.15, 0.2) is 36.4 Å². The van der Waals surface area contributed by atoms with Crippen molar-refractivity contribution in [3.05, 3.63) is 53.3 Å². The summed E-state index contributed by atoms with van der Waals surface area (Å²) in [6.45, 7) is 3.82. The third kappa shape index (κ3) is 2.42. The standard InChI is InChI=1S/C16H14FN3OS/c1-9-4-3-5-10(2)14(9)20(15(18)21)16-19-12-7-6-11(17)8-13(12)22-16/h3-8H,1-2H3,(H2,18,21). The number of thiazole rings is 1. The topological polar surface area (TPSA) is 59.2 Å². The summed E-state index contributed by atoms with van der Waals surface area (Å²) in [4.78, 5) is 17.8. The van der Waals surface area contributed by atoms with Crippen molar-refractivity contribution >= 4 is 38.4 Å². The van der Waals surface area contributed by atoms with Crippen LogP contribution in [0.1, 0.15) is 11.1 Å². The van der Waals surface area contributed by atoms with Crippen LogP contribution in [-0.4, -0.2) is 11.0 Å². The lowest BCUT2D eigenvalue weighted by molar-refractivity contribution is 0.256. The van der Waals surface area contributed by atoms with Gasteiger partial charge in [0.15, 0.2) is 5.13 Å². The van der Waals surface area contributed by atoms with E-state index in [4.69, 9.17) is 5.73 Å². The monoisotopic (exact) mass is 315 g/mol. The molecule has 6 heteroatoms. The fraction of sp³-hybridized carbons (Fsp3) is 0.125. The SMILES string of the molecule is Cc1cccc(C)c1N(C(N)=O)c1nc2ccc(F)cc2s1. The molecule has 0 fully saturated rings. The van der Waals surface area contributed by atoms with Crippen molar-refractivity contribution in [1.29, 1.82) is 0 Å². The first-order chi connectivity index (χ1) is 10.5. The number of primary amides is 1. The van der Waals surface area contributed by atoms with Crippen LogP contribution in [0.4, 0.5) is 20.0 Å². The molecule has 22 heavy (non-hydrogen) atoms. The molecule has 2 N–H and O–H groups in total. The highest BCUT2D eigenvalue weighted by Crippen LogP contribution is 2.36. The van der Waals surface area contributed by atoms with Gasteiger partial charge in [-0.1, -0.05) is 29.5 Å². The Balaban J connectivity index is 2.20. The van der Waals surface area contributed by atoms with Crippen LogP contribution in [0.3, 0.4) is 0 Å². The number of aryl methyl sites for hydroxylation is 2. The van der Waals surface area contributed by atoms with Gasteiger partial charge < -0.3 is 5.73 Å². The fourth-order valence-corrected chi connectivity index (χ4v) is 3.44. The molecular formula is C16H14FN3OS. The van der Waals surface area contributed by atoms with Gasteiger partial charge in [-0.05, 0) is 43.2 Å². The van der Waals surface area contributed by atoms with Gasteiger partial charge in [-0.25, -0.2) is 19.1 Å². The number of anilines is 2. The highest BCUT2D eigenvalue weighted by Gasteiger charge is 2.22. The molecule has 112 valence electrons. The van der Waals surface area contributed by atoms with E-state index in [0.29, 0.717) is 15.3 Å². The van der Waals surface area contributed by atoms with Crippen molar-refractivity contribution in [3.63, 3.8) is 0 Å².